The van der Waals surface area contributed by atoms with Gasteiger partial charge in [0.1, 0.15) is 5.78 Å². The molecule has 1 aromatic carbocycles. The minimum absolute atomic E-state index is 0.135. The van der Waals surface area contributed by atoms with Gasteiger partial charge in [0, 0.05) is 18.3 Å². The number of ketones is 1. The molecule has 0 bridgehead atoms. The molecule has 174 valence electrons. The number of hydrogen-bond donors (Lipinski definition) is 1. The zero-order valence-electron chi connectivity index (χ0n) is 20.3. The zero-order chi connectivity index (χ0) is 22.8. The maximum Gasteiger partial charge on any atom is 0.169 e. The van der Waals surface area contributed by atoms with E-state index in [1.807, 2.05) is 25.1 Å². The SMILES string of the molecule is CC(=O)[C@@]1(C)CC[C@H]2[C@@H]3CC=C4C[C@@](O)(OCc5ccccc5)CC[C@]4(C)[C@H]3CC[C@@]21C. The third kappa shape index (κ3) is 3.18. The number of carbonyl (C=O) groups is 1. The summed E-state index contributed by atoms with van der Waals surface area (Å²) in [5, 5.41) is 11.3. The van der Waals surface area contributed by atoms with Crippen LogP contribution in [0.2, 0.25) is 0 Å². The first-order valence-electron chi connectivity index (χ1n) is 12.7. The molecule has 3 heteroatoms. The Labute approximate surface area is 193 Å². The Hall–Kier alpha value is -1.45. The summed E-state index contributed by atoms with van der Waals surface area (Å²) in [5.41, 5.74) is 2.65. The number of carbonyl (C=O) groups excluding carboxylic acids is 1. The highest BCUT2D eigenvalue weighted by atomic mass is 16.6. The maximum absolute atomic E-state index is 12.7. The molecule has 3 fully saturated rings. The summed E-state index contributed by atoms with van der Waals surface area (Å²) >= 11 is 0. The second-order valence-corrected chi connectivity index (χ2v) is 12.0. The van der Waals surface area contributed by atoms with Gasteiger partial charge in [-0.05, 0) is 79.6 Å². The number of allylic oxidation sites excluding steroid dienone is 1. The van der Waals surface area contributed by atoms with Crippen molar-refractivity contribution in [3.05, 3.63) is 47.5 Å². The van der Waals surface area contributed by atoms with Gasteiger partial charge in [0.05, 0.1) is 6.61 Å². The van der Waals surface area contributed by atoms with Crippen molar-refractivity contribution in [2.45, 2.75) is 91.5 Å². The zero-order valence-corrected chi connectivity index (χ0v) is 20.3. The molecule has 0 heterocycles. The number of aliphatic hydroxyl groups is 1. The van der Waals surface area contributed by atoms with Crippen LogP contribution < -0.4 is 0 Å². The molecule has 4 aliphatic carbocycles. The molecular weight excluding hydrogens is 396 g/mol. The topological polar surface area (TPSA) is 46.5 Å². The smallest absolute Gasteiger partial charge is 0.169 e. The summed E-state index contributed by atoms with van der Waals surface area (Å²) < 4.78 is 6.10. The van der Waals surface area contributed by atoms with E-state index >= 15 is 0 Å². The number of hydrogen-bond acceptors (Lipinski definition) is 3. The molecule has 1 N–H and O–H groups in total. The average molecular weight is 437 g/mol. The molecule has 0 radical (unpaired) electrons. The quantitative estimate of drug-likeness (QED) is 0.436. The second-order valence-electron chi connectivity index (χ2n) is 12.0. The summed E-state index contributed by atoms with van der Waals surface area (Å²) in [7, 11) is 0. The van der Waals surface area contributed by atoms with Crippen molar-refractivity contribution < 1.29 is 14.6 Å². The van der Waals surface area contributed by atoms with Crippen molar-refractivity contribution in [1.29, 1.82) is 0 Å². The molecule has 3 nitrogen and oxygen atoms in total. The molecule has 32 heavy (non-hydrogen) atoms. The number of benzene rings is 1. The van der Waals surface area contributed by atoms with E-state index in [1.165, 1.54) is 18.4 Å². The normalized spacial score (nSPS) is 45.4. The van der Waals surface area contributed by atoms with Gasteiger partial charge >= 0.3 is 0 Å². The molecule has 1 aromatic rings. The van der Waals surface area contributed by atoms with Gasteiger partial charge in [-0.25, -0.2) is 0 Å². The first kappa shape index (κ1) is 22.3. The van der Waals surface area contributed by atoms with Gasteiger partial charge in [-0.2, -0.15) is 0 Å². The van der Waals surface area contributed by atoms with Crippen LogP contribution >= 0.6 is 0 Å². The van der Waals surface area contributed by atoms with E-state index in [1.54, 1.807) is 0 Å². The minimum Gasteiger partial charge on any atom is -0.365 e. The predicted molar refractivity (Wildman–Crippen MR) is 127 cm³/mol. The fourth-order valence-corrected chi connectivity index (χ4v) is 8.38. The van der Waals surface area contributed by atoms with E-state index < -0.39 is 5.79 Å². The third-order valence-electron chi connectivity index (χ3n) is 10.9. The second kappa shape index (κ2) is 7.53. The first-order valence-corrected chi connectivity index (χ1v) is 12.7. The number of fused-ring (bicyclic) bond motifs is 5. The van der Waals surface area contributed by atoms with Gasteiger partial charge < -0.3 is 9.84 Å². The lowest BCUT2D eigenvalue weighted by Crippen LogP contribution is -2.54. The van der Waals surface area contributed by atoms with Gasteiger partial charge in [0.2, 0.25) is 0 Å². The Bertz CT molecular complexity index is 922. The molecule has 4 aliphatic rings. The molecule has 0 aromatic heterocycles. The van der Waals surface area contributed by atoms with Gasteiger partial charge in [-0.1, -0.05) is 62.8 Å². The lowest BCUT2D eigenvalue weighted by molar-refractivity contribution is -0.231. The van der Waals surface area contributed by atoms with Crippen molar-refractivity contribution in [3.8, 4) is 0 Å². The van der Waals surface area contributed by atoms with Crippen molar-refractivity contribution in [1.82, 2.24) is 0 Å². The predicted octanol–water partition coefficient (Wildman–Crippen LogP) is 6.45. The Kier molecular flexibility index (Phi) is 5.26. The molecule has 0 spiro atoms. The Morgan fingerprint density at radius 1 is 1.03 bits per heavy atom. The van der Waals surface area contributed by atoms with E-state index in [9.17, 15) is 9.90 Å². The molecule has 0 aliphatic heterocycles. The van der Waals surface area contributed by atoms with Crippen molar-refractivity contribution in [3.63, 3.8) is 0 Å². The highest BCUT2D eigenvalue weighted by molar-refractivity contribution is 5.83. The third-order valence-corrected chi connectivity index (χ3v) is 10.9. The molecule has 0 amide bonds. The molecule has 7 atom stereocenters. The number of rotatable bonds is 4. The van der Waals surface area contributed by atoms with Crippen LogP contribution in [0.1, 0.15) is 84.6 Å². The van der Waals surface area contributed by atoms with Gasteiger partial charge in [0.25, 0.3) is 0 Å². The molecule has 0 saturated heterocycles. The summed E-state index contributed by atoms with van der Waals surface area (Å²) in [6.07, 6.45) is 10.5. The van der Waals surface area contributed by atoms with Crippen molar-refractivity contribution in [2.75, 3.05) is 0 Å². The lowest BCUT2D eigenvalue weighted by Gasteiger charge is -2.60. The van der Waals surface area contributed by atoms with E-state index in [0.29, 0.717) is 43.0 Å². The van der Waals surface area contributed by atoms with E-state index in [2.05, 4.69) is 39.0 Å². The largest absolute Gasteiger partial charge is 0.365 e. The van der Waals surface area contributed by atoms with Crippen LogP contribution in [0.3, 0.4) is 0 Å². The molecule has 0 unspecified atom stereocenters. The highest BCUT2D eigenvalue weighted by Crippen LogP contribution is 2.70. The number of ether oxygens (including phenoxy) is 1. The monoisotopic (exact) mass is 436 g/mol. The van der Waals surface area contributed by atoms with Crippen molar-refractivity contribution in [2.24, 2.45) is 34.0 Å². The fourth-order valence-electron chi connectivity index (χ4n) is 8.38. The Morgan fingerprint density at radius 3 is 2.47 bits per heavy atom. The van der Waals surface area contributed by atoms with Crippen LogP contribution in [0.5, 0.6) is 0 Å². The van der Waals surface area contributed by atoms with Crippen LogP contribution in [-0.4, -0.2) is 16.7 Å². The van der Waals surface area contributed by atoms with Crippen LogP contribution in [-0.2, 0) is 16.1 Å². The summed E-state index contributed by atoms with van der Waals surface area (Å²) in [4.78, 5) is 12.7. The Morgan fingerprint density at radius 2 is 1.75 bits per heavy atom. The van der Waals surface area contributed by atoms with Crippen LogP contribution in [0.15, 0.2) is 42.0 Å². The van der Waals surface area contributed by atoms with Crippen molar-refractivity contribution >= 4 is 5.78 Å². The average Bonchev–Trinajstić information content (AvgIpc) is 3.06. The van der Waals surface area contributed by atoms with Gasteiger partial charge in [0.15, 0.2) is 5.79 Å². The van der Waals surface area contributed by atoms with Crippen LogP contribution in [0, 0.1) is 34.0 Å². The van der Waals surface area contributed by atoms with E-state index in [0.717, 1.165) is 31.2 Å². The lowest BCUT2D eigenvalue weighted by atomic mass is 9.45. The van der Waals surface area contributed by atoms with Gasteiger partial charge in [-0.15, -0.1) is 0 Å². The summed E-state index contributed by atoms with van der Waals surface area (Å²) in [5.74, 6) is 1.30. The molecular formula is C29H40O3. The summed E-state index contributed by atoms with van der Waals surface area (Å²) in [6, 6.07) is 10.1. The molecule has 5 rings (SSSR count). The van der Waals surface area contributed by atoms with Crippen LogP contribution in [0.25, 0.3) is 0 Å². The van der Waals surface area contributed by atoms with E-state index in [4.69, 9.17) is 4.74 Å². The maximum atomic E-state index is 12.7. The first-order chi connectivity index (χ1) is 15.1. The van der Waals surface area contributed by atoms with Gasteiger partial charge in [-0.3, -0.25) is 4.79 Å². The highest BCUT2D eigenvalue weighted by Gasteiger charge is 2.64. The number of Topliss-reactive ketones (excluding diaryl/α,β-unsaturated/α-hetero) is 1. The standard InChI is InChI=1S/C29H40O3/c1-20(30)27(3)14-13-25-23-11-10-22-18-29(31,32-19-21-8-6-5-7-9-21)17-16-26(22,2)24(23)12-15-28(25,27)4/h5-10,23-25,31H,11-19H2,1-4H3/t23-,24+,25+,26+,27-,28+,29+/m1/s1. The molecule has 3 saturated carbocycles. The van der Waals surface area contributed by atoms with Crippen LogP contribution in [0.4, 0.5) is 0 Å². The Balaban J connectivity index is 1.35. The minimum atomic E-state index is -1.06. The fraction of sp³-hybridized carbons (Fsp3) is 0.690. The summed E-state index contributed by atoms with van der Waals surface area (Å²) in [6.45, 7) is 9.39. The van der Waals surface area contributed by atoms with E-state index in [-0.39, 0.29) is 16.2 Å².